The summed E-state index contributed by atoms with van der Waals surface area (Å²) in [7, 11) is -1.56. The number of hydrogen-bond acceptors (Lipinski definition) is 4. The van der Waals surface area contributed by atoms with Crippen LogP contribution in [0.15, 0.2) is 24.3 Å². The highest BCUT2D eigenvalue weighted by Crippen LogP contribution is 2.35. The average molecular weight is 282 g/mol. The van der Waals surface area contributed by atoms with E-state index in [1.165, 1.54) is 12.0 Å². The Balaban J connectivity index is 2.02. The van der Waals surface area contributed by atoms with Crippen molar-refractivity contribution in [2.75, 3.05) is 23.5 Å². The minimum Gasteiger partial charge on any atom is -0.495 e. The number of rotatable bonds is 2. The van der Waals surface area contributed by atoms with E-state index in [0.29, 0.717) is 11.4 Å². The number of hydrogen-bond donors (Lipinski definition) is 1. The first-order valence-corrected chi connectivity index (χ1v) is 7.77. The van der Waals surface area contributed by atoms with Gasteiger partial charge in [0.1, 0.15) is 5.75 Å². The fourth-order valence-corrected chi connectivity index (χ4v) is 4.61. The lowest BCUT2D eigenvalue weighted by Crippen LogP contribution is -2.37. The summed E-state index contributed by atoms with van der Waals surface area (Å²) in [6.07, 6.45) is 0. The fraction of sp³-hybridized carbons (Fsp3) is 0.417. The number of carbonyl (C=O) groups is 1. The molecule has 0 bridgehead atoms. The number of nitrogens with one attached hydrogen (secondary N) is 1. The van der Waals surface area contributed by atoms with Gasteiger partial charge in [0.15, 0.2) is 9.84 Å². The third-order valence-corrected chi connectivity index (χ3v) is 5.24. The number of carbonyl (C=O) groups excluding carboxylic acids is 1. The monoisotopic (exact) mass is 282 g/mol. The highest BCUT2D eigenvalue weighted by molar-refractivity contribution is 7.91. The highest BCUT2D eigenvalue weighted by Gasteiger charge is 2.49. The first kappa shape index (κ1) is 12.3. The molecule has 0 aromatic heterocycles. The summed E-state index contributed by atoms with van der Waals surface area (Å²) in [4.78, 5) is 13.5. The largest absolute Gasteiger partial charge is 0.495 e. The predicted molar refractivity (Wildman–Crippen MR) is 70.2 cm³/mol. The molecule has 2 fully saturated rings. The van der Waals surface area contributed by atoms with Gasteiger partial charge in [0.25, 0.3) is 0 Å². The van der Waals surface area contributed by atoms with E-state index >= 15 is 0 Å². The van der Waals surface area contributed by atoms with Crippen LogP contribution in [-0.4, -0.2) is 45.1 Å². The Morgan fingerprint density at radius 2 is 2.05 bits per heavy atom. The molecule has 2 aliphatic rings. The van der Waals surface area contributed by atoms with Crippen molar-refractivity contribution >= 4 is 21.6 Å². The second-order valence-corrected chi connectivity index (χ2v) is 6.90. The van der Waals surface area contributed by atoms with Gasteiger partial charge >= 0.3 is 6.03 Å². The van der Waals surface area contributed by atoms with E-state index < -0.39 is 9.84 Å². The third-order valence-electron chi connectivity index (χ3n) is 3.53. The van der Waals surface area contributed by atoms with Crippen LogP contribution in [0.2, 0.25) is 0 Å². The molecule has 7 heteroatoms. The molecule has 0 spiro atoms. The Kier molecular flexibility index (Phi) is 2.67. The molecule has 1 aromatic carbocycles. The summed E-state index contributed by atoms with van der Waals surface area (Å²) < 4.78 is 28.6. The van der Waals surface area contributed by atoms with Crippen LogP contribution in [0.25, 0.3) is 0 Å². The van der Waals surface area contributed by atoms with Gasteiger partial charge in [-0.1, -0.05) is 12.1 Å². The van der Waals surface area contributed by atoms with Crippen LogP contribution in [0, 0.1) is 0 Å². The van der Waals surface area contributed by atoms with Crippen LogP contribution in [0.5, 0.6) is 5.75 Å². The van der Waals surface area contributed by atoms with Gasteiger partial charge in [-0.05, 0) is 12.1 Å². The van der Waals surface area contributed by atoms with Gasteiger partial charge in [0, 0.05) is 0 Å². The Hall–Kier alpha value is -1.76. The molecule has 1 aromatic rings. The molecule has 2 saturated heterocycles. The van der Waals surface area contributed by atoms with E-state index in [1.54, 1.807) is 24.3 Å². The summed E-state index contributed by atoms with van der Waals surface area (Å²) in [6.45, 7) is 0. The quantitative estimate of drug-likeness (QED) is 0.796. The number of anilines is 1. The maximum atomic E-state index is 12.0. The van der Waals surface area contributed by atoms with Crippen LogP contribution in [-0.2, 0) is 9.84 Å². The Bertz CT molecular complexity index is 628. The lowest BCUT2D eigenvalue weighted by molar-refractivity contribution is 0.251. The summed E-state index contributed by atoms with van der Waals surface area (Å²) in [6, 6.07) is 6.15. The SMILES string of the molecule is COc1ccccc1N1C(=O)N[C@H]2CS(=O)(=O)C[C@H]21. The molecule has 2 heterocycles. The molecule has 3 rings (SSSR count). The standard InChI is InChI=1S/C12H14N2O4S/c1-18-11-5-3-2-4-9(11)14-10-7-19(16,17)6-8(10)13-12(14)15/h2-5,8,10H,6-7H2,1H3,(H,13,15)/t8-,10+/m0/s1. The van der Waals surface area contributed by atoms with Gasteiger partial charge < -0.3 is 10.1 Å². The third kappa shape index (κ3) is 1.94. The predicted octanol–water partition coefficient (Wildman–Crippen LogP) is 0.390. The molecule has 6 nitrogen and oxygen atoms in total. The number of methoxy groups -OCH3 is 1. The van der Waals surface area contributed by atoms with Crippen LogP contribution >= 0.6 is 0 Å². The van der Waals surface area contributed by atoms with Gasteiger partial charge in [-0.15, -0.1) is 0 Å². The second-order valence-electron chi connectivity index (χ2n) is 4.74. The van der Waals surface area contributed by atoms with Crippen molar-refractivity contribution in [2.24, 2.45) is 0 Å². The lowest BCUT2D eigenvalue weighted by atomic mass is 10.1. The first-order valence-electron chi connectivity index (χ1n) is 5.95. The smallest absolute Gasteiger partial charge is 0.322 e. The molecule has 0 saturated carbocycles. The average Bonchev–Trinajstić information content (AvgIpc) is 2.79. The molecular weight excluding hydrogens is 268 g/mol. The number of amides is 2. The van der Waals surface area contributed by atoms with Gasteiger partial charge in [0.2, 0.25) is 0 Å². The lowest BCUT2D eigenvalue weighted by Gasteiger charge is -2.23. The first-order chi connectivity index (χ1) is 9.02. The molecule has 19 heavy (non-hydrogen) atoms. The maximum absolute atomic E-state index is 12.0. The van der Waals surface area contributed by atoms with E-state index in [-0.39, 0.29) is 29.6 Å². The Labute approximate surface area is 111 Å². The Morgan fingerprint density at radius 3 is 2.79 bits per heavy atom. The van der Waals surface area contributed by atoms with Crippen molar-refractivity contribution in [1.29, 1.82) is 0 Å². The van der Waals surface area contributed by atoms with Crippen molar-refractivity contribution in [2.45, 2.75) is 12.1 Å². The van der Waals surface area contributed by atoms with Crippen molar-refractivity contribution < 1.29 is 17.9 Å². The normalized spacial score (nSPS) is 28.1. The van der Waals surface area contributed by atoms with E-state index in [0.717, 1.165) is 0 Å². The van der Waals surface area contributed by atoms with Gasteiger partial charge in [-0.2, -0.15) is 0 Å². The number of fused-ring (bicyclic) bond motifs is 1. The van der Waals surface area contributed by atoms with Crippen molar-refractivity contribution in [3.63, 3.8) is 0 Å². The van der Waals surface area contributed by atoms with Crippen molar-refractivity contribution in [1.82, 2.24) is 5.32 Å². The van der Waals surface area contributed by atoms with Gasteiger partial charge in [-0.25, -0.2) is 13.2 Å². The molecule has 2 aliphatic heterocycles. The van der Waals surface area contributed by atoms with Crippen LogP contribution in [0.4, 0.5) is 10.5 Å². The Morgan fingerprint density at radius 1 is 1.32 bits per heavy atom. The van der Waals surface area contributed by atoms with E-state index in [9.17, 15) is 13.2 Å². The molecule has 2 atom stereocenters. The molecule has 2 amide bonds. The van der Waals surface area contributed by atoms with Crippen molar-refractivity contribution in [3.8, 4) is 5.75 Å². The van der Waals surface area contributed by atoms with Crippen LogP contribution < -0.4 is 15.0 Å². The molecule has 0 aliphatic carbocycles. The molecule has 1 N–H and O–H groups in total. The van der Waals surface area contributed by atoms with Gasteiger partial charge in [-0.3, -0.25) is 4.90 Å². The van der Waals surface area contributed by atoms with E-state index in [2.05, 4.69) is 5.32 Å². The van der Waals surface area contributed by atoms with Crippen LogP contribution in [0.1, 0.15) is 0 Å². The van der Waals surface area contributed by atoms with Crippen LogP contribution in [0.3, 0.4) is 0 Å². The zero-order valence-electron chi connectivity index (χ0n) is 10.4. The molecule has 0 radical (unpaired) electrons. The molecular formula is C12H14N2O4S. The zero-order chi connectivity index (χ0) is 13.6. The summed E-state index contributed by atoms with van der Waals surface area (Å²) >= 11 is 0. The summed E-state index contributed by atoms with van der Waals surface area (Å²) in [5, 5.41) is 2.72. The number of urea groups is 1. The molecule has 102 valence electrons. The summed E-state index contributed by atoms with van der Waals surface area (Å²) in [5.41, 5.74) is 0.604. The zero-order valence-corrected chi connectivity index (χ0v) is 11.2. The second kappa shape index (κ2) is 4.12. The number of ether oxygens (including phenoxy) is 1. The summed E-state index contributed by atoms with van der Waals surface area (Å²) in [5.74, 6) is 0.561. The number of para-hydroxylation sites is 2. The number of nitrogens with zero attached hydrogens (tertiary/aromatic N) is 1. The highest BCUT2D eigenvalue weighted by atomic mass is 32.2. The maximum Gasteiger partial charge on any atom is 0.322 e. The fourth-order valence-electron chi connectivity index (χ4n) is 2.72. The number of sulfone groups is 1. The van der Waals surface area contributed by atoms with E-state index in [4.69, 9.17) is 4.74 Å². The molecule has 0 unspecified atom stereocenters. The topological polar surface area (TPSA) is 75.7 Å². The minimum absolute atomic E-state index is 0.00550. The van der Waals surface area contributed by atoms with Crippen molar-refractivity contribution in [3.05, 3.63) is 24.3 Å². The van der Waals surface area contributed by atoms with E-state index in [1.807, 2.05) is 0 Å². The van der Waals surface area contributed by atoms with Gasteiger partial charge in [0.05, 0.1) is 36.4 Å². The minimum atomic E-state index is -3.09. The number of benzene rings is 1.